The Hall–Kier alpha value is -0.850. The lowest BCUT2D eigenvalue weighted by atomic mass is 9.90. The first kappa shape index (κ1) is 16.2. The Bertz CT molecular complexity index is 307. The van der Waals surface area contributed by atoms with Crippen molar-refractivity contribution in [2.24, 2.45) is 5.92 Å². The Balaban J connectivity index is 2.78. The first-order valence-electron chi connectivity index (χ1n) is 6.42. The van der Waals surface area contributed by atoms with E-state index in [0.29, 0.717) is 6.54 Å². The van der Waals surface area contributed by atoms with Gasteiger partial charge in [-0.3, -0.25) is 0 Å². The van der Waals surface area contributed by atoms with Gasteiger partial charge in [0.2, 0.25) is 0 Å². The van der Waals surface area contributed by atoms with Crippen LogP contribution in [0.3, 0.4) is 0 Å². The number of hydrogen-bond donors (Lipinski definition) is 1. The summed E-state index contributed by atoms with van der Waals surface area (Å²) in [6.45, 7) is 7.83. The van der Waals surface area contributed by atoms with Crippen LogP contribution < -0.4 is 0 Å². The van der Waals surface area contributed by atoms with Gasteiger partial charge in [0.15, 0.2) is 5.79 Å². The summed E-state index contributed by atoms with van der Waals surface area (Å²) in [4.78, 5) is 13.5. The van der Waals surface area contributed by atoms with Crippen molar-refractivity contribution >= 4 is 6.09 Å². The molecule has 0 aromatic rings. The minimum atomic E-state index is -1.07. The third kappa shape index (κ3) is 3.38. The second-order valence-electron chi connectivity index (χ2n) is 5.93. The fourth-order valence-corrected chi connectivity index (χ4v) is 2.43. The van der Waals surface area contributed by atoms with Gasteiger partial charge in [-0.15, -0.1) is 0 Å². The van der Waals surface area contributed by atoms with Crippen LogP contribution in [0.5, 0.6) is 0 Å². The van der Waals surface area contributed by atoms with Gasteiger partial charge in [0, 0.05) is 26.7 Å². The number of hydrogen-bond acceptors (Lipinski definition) is 5. The maximum absolute atomic E-state index is 12.0. The van der Waals surface area contributed by atoms with E-state index in [0.717, 1.165) is 0 Å². The standard InChI is InChI=1S/C13H25NO5/c1-9-7-14(11(16)19-12(2,3)4)8-10(15)13(9,17-5)18-6/h9-10,15H,7-8H2,1-6H3. The van der Waals surface area contributed by atoms with Crippen molar-refractivity contribution < 1.29 is 24.1 Å². The van der Waals surface area contributed by atoms with Gasteiger partial charge >= 0.3 is 6.09 Å². The van der Waals surface area contributed by atoms with Crippen LogP contribution in [0.25, 0.3) is 0 Å². The number of nitrogens with zero attached hydrogens (tertiary/aromatic N) is 1. The average Bonchev–Trinajstić information content (AvgIpc) is 2.27. The van der Waals surface area contributed by atoms with E-state index in [2.05, 4.69) is 0 Å². The number of piperidine rings is 1. The van der Waals surface area contributed by atoms with Crippen LogP contribution in [-0.4, -0.2) is 60.9 Å². The van der Waals surface area contributed by atoms with Gasteiger partial charge < -0.3 is 24.2 Å². The molecule has 0 aromatic carbocycles. The molecule has 1 amide bonds. The predicted octanol–water partition coefficient (Wildman–Crippen LogP) is 1.22. The van der Waals surface area contributed by atoms with Gasteiger partial charge in [0.05, 0.1) is 6.54 Å². The van der Waals surface area contributed by atoms with Crippen molar-refractivity contribution in [3.8, 4) is 0 Å². The topological polar surface area (TPSA) is 68.2 Å². The van der Waals surface area contributed by atoms with Crippen molar-refractivity contribution in [3.63, 3.8) is 0 Å². The maximum Gasteiger partial charge on any atom is 0.410 e. The van der Waals surface area contributed by atoms with E-state index in [-0.39, 0.29) is 12.5 Å². The number of rotatable bonds is 2. The van der Waals surface area contributed by atoms with Crippen molar-refractivity contribution in [2.75, 3.05) is 27.3 Å². The normalized spacial score (nSPS) is 27.2. The summed E-state index contributed by atoms with van der Waals surface area (Å²) in [5.74, 6) is -1.24. The molecule has 19 heavy (non-hydrogen) atoms. The molecular weight excluding hydrogens is 250 g/mol. The molecule has 1 aliphatic rings. The maximum atomic E-state index is 12.0. The van der Waals surface area contributed by atoms with Gasteiger partial charge in [-0.2, -0.15) is 0 Å². The molecule has 0 aromatic heterocycles. The molecule has 6 nitrogen and oxygen atoms in total. The molecule has 112 valence electrons. The lowest BCUT2D eigenvalue weighted by Crippen LogP contribution is -2.63. The van der Waals surface area contributed by atoms with Crippen LogP contribution in [0.15, 0.2) is 0 Å². The van der Waals surface area contributed by atoms with Gasteiger partial charge in [-0.05, 0) is 20.8 Å². The van der Waals surface area contributed by atoms with Gasteiger partial charge in [0.25, 0.3) is 0 Å². The molecule has 0 bridgehead atoms. The van der Waals surface area contributed by atoms with Crippen LogP contribution >= 0.6 is 0 Å². The highest BCUT2D eigenvalue weighted by Gasteiger charge is 2.50. The number of likely N-dealkylation sites (tertiary alicyclic amines) is 1. The van der Waals surface area contributed by atoms with Gasteiger partial charge in [0.1, 0.15) is 11.7 Å². The minimum absolute atomic E-state index is 0.126. The van der Waals surface area contributed by atoms with E-state index < -0.39 is 23.6 Å². The highest BCUT2D eigenvalue weighted by molar-refractivity contribution is 5.68. The van der Waals surface area contributed by atoms with E-state index in [1.807, 2.05) is 27.7 Å². The third-order valence-electron chi connectivity index (χ3n) is 3.33. The fraction of sp³-hybridized carbons (Fsp3) is 0.923. The molecule has 0 spiro atoms. The van der Waals surface area contributed by atoms with Crippen molar-refractivity contribution in [1.29, 1.82) is 0 Å². The van der Waals surface area contributed by atoms with Crippen LogP contribution in [-0.2, 0) is 14.2 Å². The Labute approximate surface area is 114 Å². The second kappa shape index (κ2) is 5.64. The number of amides is 1. The first-order chi connectivity index (χ1) is 8.66. The highest BCUT2D eigenvalue weighted by atomic mass is 16.7. The van der Waals surface area contributed by atoms with Crippen LogP contribution in [0.1, 0.15) is 27.7 Å². The first-order valence-corrected chi connectivity index (χ1v) is 6.42. The van der Waals surface area contributed by atoms with E-state index >= 15 is 0 Å². The quantitative estimate of drug-likeness (QED) is 0.768. The molecule has 2 atom stereocenters. The molecule has 1 N–H and O–H groups in total. The lowest BCUT2D eigenvalue weighted by Gasteiger charge is -2.47. The van der Waals surface area contributed by atoms with Crippen molar-refractivity contribution in [3.05, 3.63) is 0 Å². The Kier molecular flexibility index (Phi) is 4.81. The summed E-state index contributed by atoms with van der Waals surface area (Å²) in [5.41, 5.74) is -0.553. The van der Waals surface area contributed by atoms with Crippen molar-refractivity contribution in [1.82, 2.24) is 4.90 Å². The summed E-state index contributed by atoms with van der Waals surface area (Å²) >= 11 is 0. The monoisotopic (exact) mass is 275 g/mol. The molecule has 1 heterocycles. The zero-order valence-corrected chi connectivity index (χ0v) is 12.6. The number of β-amino-alcohol motifs (C(OH)–C–C–N with tert-alkyl or cyclic N) is 1. The van der Waals surface area contributed by atoms with Gasteiger partial charge in [-0.1, -0.05) is 6.92 Å². The smallest absolute Gasteiger partial charge is 0.410 e. The minimum Gasteiger partial charge on any atom is -0.444 e. The molecule has 1 rings (SSSR count). The number of carbonyl (C=O) groups is 1. The molecule has 6 heteroatoms. The zero-order chi connectivity index (χ0) is 14.8. The number of carbonyl (C=O) groups excluding carboxylic acids is 1. The largest absolute Gasteiger partial charge is 0.444 e. The number of aliphatic hydroxyl groups excluding tert-OH is 1. The third-order valence-corrected chi connectivity index (χ3v) is 3.33. The summed E-state index contributed by atoms with van der Waals surface area (Å²) in [5, 5.41) is 10.2. The van der Waals surface area contributed by atoms with Gasteiger partial charge in [-0.25, -0.2) is 4.79 Å². The lowest BCUT2D eigenvalue weighted by molar-refractivity contribution is -0.300. The number of ether oxygens (including phenoxy) is 3. The van der Waals surface area contributed by atoms with E-state index in [9.17, 15) is 9.90 Å². The average molecular weight is 275 g/mol. The second-order valence-corrected chi connectivity index (χ2v) is 5.93. The molecule has 0 saturated carbocycles. The molecular formula is C13H25NO5. The Morgan fingerprint density at radius 2 is 1.79 bits per heavy atom. The highest BCUT2D eigenvalue weighted by Crippen LogP contribution is 2.32. The molecule has 2 unspecified atom stereocenters. The summed E-state index contributed by atoms with van der Waals surface area (Å²) in [7, 11) is 2.98. The van der Waals surface area contributed by atoms with E-state index in [4.69, 9.17) is 14.2 Å². The number of methoxy groups -OCH3 is 2. The SMILES string of the molecule is COC1(OC)C(C)CN(C(=O)OC(C)(C)C)CC1O. The van der Waals surface area contributed by atoms with E-state index in [1.165, 1.54) is 19.1 Å². The summed E-state index contributed by atoms with van der Waals surface area (Å²) < 4.78 is 16.0. The predicted molar refractivity (Wildman–Crippen MR) is 69.7 cm³/mol. The van der Waals surface area contributed by atoms with Crippen molar-refractivity contribution in [2.45, 2.75) is 45.2 Å². The Morgan fingerprint density at radius 1 is 1.26 bits per heavy atom. The summed E-state index contributed by atoms with van der Waals surface area (Å²) in [6, 6.07) is 0. The molecule has 1 aliphatic heterocycles. The molecule has 0 aliphatic carbocycles. The molecule has 1 saturated heterocycles. The van der Waals surface area contributed by atoms with Crippen LogP contribution in [0, 0.1) is 5.92 Å². The molecule has 0 radical (unpaired) electrons. The van der Waals surface area contributed by atoms with Crippen LogP contribution in [0.4, 0.5) is 4.79 Å². The Morgan fingerprint density at radius 3 is 2.16 bits per heavy atom. The zero-order valence-electron chi connectivity index (χ0n) is 12.6. The molecule has 1 fully saturated rings. The number of aliphatic hydroxyl groups is 1. The van der Waals surface area contributed by atoms with Crippen LogP contribution in [0.2, 0.25) is 0 Å². The fourth-order valence-electron chi connectivity index (χ4n) is 2.43. The summed E-state index contributed by atoms with van der Waals surface area (Å²) in [6.07, 6.45) is -1.35. The van der Waals surface area contributed by atoms with E-state index in [1.54, 1.807) is 0 Å².